The number of benzene rings is 4. The summed E-state index contributed by atoms with van der Waals surface area (Å²) in [5.74, 6) is -0.434. The average Bonchev–Trinajstić information content (AvgIpc) is 3.32. The fraction of sp³-hybridized carbons (Fsp3) is 0.269. The summed E-state index contributed by atoms with van der Waals surface area (Å²) >= 11 is 0. The molecule has 4 aromatic carbocycles. The van der Waals surface area contributed by atoms with E-state index < -0.39 is 20.0 Å². The molecule has 0 aromatic heterocycles. The third-order valence-corrected chi connectivity index (χ3v) is 14.6. The van der Waals surface area contributed by atoms with Gasteiger partial charge in [0.15, 0.2) is 17.3 Å². The van der Waals surface area contributed by atoms with Crippen molar-refractivity contribution < 1.29 is 26.4 Å². The van der Waals surface area contributed by atoms with Crippen molar-refractivity contribution >= 4 is 61.6 Å². The van der Waals surface area contributed by atoms with Crippen LogP contribution in [0, 0.1) is 40.6 Å². The lowest BCUT2D eigenvalue weighted by molar-refractivity contribution is -0.113. The van der Waals surface area contributed by atoms with E-state index in [0.717, 1.165) is 11.1 Å². The molecule has 16 heteroatoms. The SMILES string of the molecule is CN(C)CCCS(=O)(=O)N1C/C(=C/c2ccc(C#N)cc2)C(=O)/C(=C\c2ccc(C#N)cc2)C1.[C-]#[N+]c1ccc(/C=C2\CN(S(=O)(=O)CCCN(C)C)C/C(=C/c3ccc(C#N)cc3)C2=O)cc1. The summed E-state index contributed by atoms with van der Waals surface area (Å²) in [4.78, 5) is 33.8. The largest absolute Gasteiger partial charge is 0.309 e. The van der Waals surface area contributed by atoms with E-state index in [-0.39, 0.29) is 49.3 Å². The summed E-state index contributed by atoms with van der Waals surface area (Å²) in [5, 5.41) is 27.0. The number of carbonyl (C=O) groups is 2. The minimum atomic E-state index is -3.59. The van der Waals surface area contributed by atoms with Gasteiger partial charge in [0.1, 0.15) is 0 Å². The zero-order valence-electron chi connectivity index (χ0n) is 38.5. The summed E-state index contributed by atoms with van der Waals surface area (Å²) in [6.45, 7) is 8.37. The zero-order chi connectivity index (χ0) is 49.4. The van der Waals surface area contributed by atoms with Gasteiger partial charge in [-0.2, -0.15) is 24.4 Å². The van der Waals surface area contributed by atoms with E-state index in [0.29, 0.717) is 81.7 Å². The molecule has 0 saturated carbocycles. The molecule has 0 unspecified atom stereocenters. The molecular formula is C52H52N8O6S2. The van der Waals surface area contributed by atoms with Gasteiger partial charge >= 0.3 is 0 Å². The van der Waals surface area contributed by atoms with Crippen LogP contribution in [0.25, 0.3) is 29.1 Å². The first kappa shape index (κ1) is 51.9. The van der Waals surface area contributed by atoms with Crippen LogP contribution >= 0.6 is 0 Å². The van der Waals surface area contributed by atoms with Gasteiger partial charge in [0.25, 0.3) is 0 Å². The number of rotatable bonds is 14. The second kappa shape index (κ2) is 24.1. The van der Waals surface area contributed by atoms with E-state index in [1.807, 2.05) is 38.0 Å². The van der Waals surface area contributed by atoms with Crippen molar-refractivity contribution in [2.45, 2.75) is 12.8 Å². The van der Waals surface area contributed by atoms with Crippen LogP contribution in [0.15, 0.2) is 119 Å². The molecule has 0 spiro atoms. The van der Waals surface area contributed by atoms with Crippen molar-refractivity contribution in [1.82, 2.24) is 18.4 Å². The van der Waals surface area contributed by atoms with Crippen LogP contribution in [0.3, 0.4) is 0 Å². The highest BCUT2D eigenvalue weighted by atomic mass is 32.2. The molecule has 0 amide bonds. The second-order valence-corrected chi connectivity index (χ2v) is 20.9. The van der Waals surface area contributed by atoms with E-state index in [1.165, 1.54) is 8.61 Å². The smallest absolute Gasteiger partial charge is 0.214 e. The summed E-state index contributed by atoms with van der Waals surface area (Å²) in [7, 11) is 0.399. The number of hydrogen-bond donors (Lipinski definition) is 0. The number of Topliss-reactive ketones (excluding diaryl/α,β-unsaturated/α-hetero) is 2. The molecule has 68 heavy (non-hydrogen) atoms. The molecule has 348 valence electrons. The second-order valence-electron chi connectivity index (χ2n) is 16.7. The predicted octanol–water partition coefficient (Wildman–Crippen LogP) is 6.81. The van der Waals surface area contributed by atoms with E-state index in [2.05, 4.69) is 23.1 Å². The lowest BCUT2D eigenvalue weighted by Gasteiger charge is -2.29. The third kappa shape index (κ3) is 14.9. The molecule has 14 nitrogen and oxygen atoms in total. The Labute approximate surface area is 400 Å². The number of piperidine rings is 2. The van der Waals surface area contributed by atoms with Crippen molar-refractivity contribution in [3.63, 3.8) is 0 Å². The van der Waals surface area contributed by atoms with Gasteiger partial charge in [0.05, 0.1) is 53.0 Å². The lowest BCUT2D eigenvalue weighted by atomic mass is 9.95. The average molecular weight is 949 g/mol. The molecule has 0 bridgehead atoms. The minimum Gasteiger partial charge on any atom is -0.309 e. The van der Waals surface area contributed by atoms with E-state index in [1.54, 1.807) is 121 Å². The Morgan fingerprint density at radius 2 is 0.779 bits per heavy atom. The predicted molar refractivity (Wildman–Crippen MR) is 265 cm³/mol. The molecule has 2 saturated heterocycles. The third-order valence-electron chi connectivity index (χ3n) is 10.9. The Balaban J connectivity index is 0.000000254. The van der Waals surface area contributed by atoms with Crippen LogP contribution in [0.2, 0.25) is 0 Å². The van der Waals surface area contributed by atoms with Gasteiger partial charge < -0.3 is 9.80 Å². The topological polar surface area (TPSA) is 191 Å². The van der Waals surface area contributed by atoms with Crippen molar-refractivity contribution in [2.24, 2.45) is 0 Å². The maximum Gasteiger partial charge on any atom is 0.214 e. The monoisotopic (exact) mass is 948 g/mol. The Morgan fingerprint density at radius 1 is 0.515 bits per heavy atom. The number of hydrogen-bond acceptors (Lipinski definition) is 11. The molecule has 2 aliphatic rings. The Kier molecular flexibility index (Phi) is 18.4. The van der Waals surface area contributed by atoms with Crippen LogP contribution in [0.4, 0.5) is 5.69 Å². The molecule has 6 rings (SSSR count). The van der Waals surface area contributed by atoms with Gasteiger partial charge in [-0.15, -0.1) is 0 Å². The highest BCUT2D eigenvalue weighted by Gasteiger charge is 2.34. The first-order chi connectivity index (χ1) is 32.4. The number of sulfonamides is 2. The van der Waals surface area contributed by atoms with Gasteiger partial charge in [-0.1, -0.05) is 60.7 Å². The Hall–Kier alpha value is -7.12. The summed E-state index contributed by atoms with van der Waals surface area (Å²) in [6.07, 6.45) is 7.70. The minimum absolute atomic E-state index is 0.00158. The summed E-state index contributed by atoms with van der Waals surface area (Å²) in [6, 6.07) is 33.3. The van der Waals surface area contributed by atoms with Crippen LogP contribution < -0.4 is 0 Å². The fourth-order valence-corrected chi connectivity index (χ4v) is 10.1. The van der Waals surface area contributed by atoms with E-state index in [4.69, 9.17) is 22.4 Å². The summed E-state index contributed by atoms with van der Waals surface area (Å²) < 4.78 is 55.1. The first-order valence-electron chi connectivity index (χ1n) is 21.6. The molecule has 2 aliphatic heterocycles. The maximum atomic E-state index is 13.3. The fourth-order valence-electron chi connectivity index (χ4n) is 7.21. The molecule has 0 radical (unpaired) electrons. The molecular weight excluding hydrogens is 897 g/mol. The van der Waals surface area contributed by atoms with Gasteiger partial charge in [-0.25, -0.2) is 21.7 Å². The molecule has 0 aliphatic carbocycles. The number of carbonyl (C=O) groups excluding carboxylic acids is 2. The highest BCUT2D eigenvalue weighted by Crippen LogP contribution is 2.27. The number of nitriles is 3. The van der Waals surface area contributed by atoms with Gasteiger partial charge in [0, 0.05) is 48.5 Å². The quantitative estimate of drug-likeness (QED) is 0.0954. The molecule has 0 atom stereocenters. The first-order valence-corrected chi connectivity index (χ1v) is 24.8. The maximum absolute atomic E-state index is 13.3. The molecule has 4 aromatic rings. The van der Waals surface area contributed by atoms with Crippen molar-refractivity contribution in [2.75, 3.05) is 79.0 Å². The van der Waals surface area contributed by atoms with Gasteiger partial charge in [-0.3, -0.25) is 9.59 Å². The van der Waals surface area contributed by atoms with Gasteiger partial charge in [-0.05, 0) is 137 Å². The standard InChI is InChI=1S/2C26H26N4O3S/c1-29(2)12-3-13-34(32,33)30-18-24(14-20-4-8-22(16-27)9-5-20)26(31)25(19-30)15-21-6-10-23(17-28)11-7-21;1-28-25-11-9-21(10-12-25)16-24-19-30(34(32,33)14-4-13-29(2)3)18-23(26(24)31)15-20-5-7-22(17-27)8-6-20/h4-11,14-15H,3,12-13,18-19H2,1-2H3;5-12,15-16H,4,13-14,18-19H2,2-3H3/b24-14-,25-15-;23-15-,24-16+. The van der Waals surface area contributed by atoms with Crippen LogP contribution in [-0.4, -0.2) is 126 Å². The van der Waals surface area contributed by atoms with Crippen molar-refractivity contribution in [3.8, 4) is 18.2 Å². The highest BCUT2D eigenvalue weighted by molar-refractivity contribution is 7.89. The normalized spacial score (nSPS) is 17.1. The van der Waals surface area contributed by atoms with E-state index in [9.17, 15) is 26.4 Å². The lowest BCUT2D eigenvalue weighted by Crippen LogP contribution is -2.42. The van der Waals surface area contributed by atoms with Crippen LogP contribution in [0.5, 0.6) is 0 Å². The zero-order valence-corrected chi connectivity index (χ0v) is 40.1. The summed E-state index contributed by atoms with van der Waals surface area (Å²) in [5.41, 5.74) is 6.35. The van der Waals surface area contributed by atoms with E-state index >= 15 is 0 Å². The Morgan fingerprint density at radius 3 is 1.01 bits per heavy atom. The van der Waals surface area contributed by atoms with Crippen molar-refractivity contribution in [3.05, 3.63) is 170 Å². The van der Waals surface area contributed by atoms with Crippen molar-refractivity contribution in [1.29, 1.82) is 15.8 Å². The van der Waals surface area contributed by atoms with Gasteiger partial charge in [0.2, 0.25) is 20.0 Å². The molecule has 0 N–H and O–H groups in total. The number of ketones is 2. The number of nitrogens with zero attached hydrogens (tertiary/aromatic N) is 8. The molecule has 2 heterocycles. The Bertz CT molecular complexity index is 2640. The van der Waals surface area contributed by atoms with Crippen LogP contribution in [0.1, 0.15) is 51.8 Å². The van der Waals surface area contributed by atoms with Crippen LogP contribution in [-0.2, 0) is 29.6 Å². The molecule has 2 fully saturated rings.